The van der Waals surface area contributed by atoms with Gasteiger partial charge in [-0.2, -0.15) is 0 Å². The highest BCUT2D eigenvalue weighted by atomic mass is 79.9. The van der Waals surface area contributed by atoms with E-state index >= 15 is 0 Å². The lowest BCUT2D eigenvalue weighted by atomic mass is 10.0. The van der Waals surface area contributed by atoms with Gasteiger partial charge in [-0.3, -0.25) is 0 Å². The lowest BCUT2D eigenvalue weighted by Gasteiger charge is -2.27. The Labute approximate surface area is 109 Å². The summed E-state index contributed by atoms with van der Waals surface area (Å²) in [5.41, 5.74) is 0.0117. The zero-order valence-corrected chi connectivity index (χ0v) is 11.3. The van der Waals surface area contributed by atoms with Crippen LogP contribution in [-0.2, 0) is 0 Å². The number of hydrogen-bond donors (Lipinski definition) is 4. The lowest BCUT2D eigenvalue weighted by molar-refractivity contribution is 0.0846. The summed E-state index contributed by atoms with van der Waals surface area (Å²) in [6, 6.07) is 7.39. The molecule has 0 spiro atoms. The average molecular weight is 304 g/mol. The quantitative estimate of drug-likeness (QED) is 0.628. The fourth-order valence-electron chi connectivity index (χ4n) is 1.34. The first-order valence-corrected chi connectivity index (χ1v) is 6.20. The van der Waals surface area contributed by atoms with Crippen molar-refractivity contribution in [1.82, 2.24) is 5.32 Å². The van der Waals surface area contributed by atoms with Crippen LogP contribution in [0.4, 0.5) is 0 Å². The monoisotopic (exact) mass is 303 g/mol. The molecule has 0 aliphatic carbocycles. The van der Waals surface area contributed by atoms with Crippen LogP contribution in [0.25, 0.3) is 0 Å². The Kier molecular flexibility index (Phi) is 5.55. The van der Waals surface area contributed by atoms with Crippen LogP contribution in [0, 0.1) is 0 Å². The minimum absolute atomic E-state index is 0.186. The predicted molar refractivity (Wildman–Crippen MR) is 69.7 cm³/mol. The molecule has 0 aliphatic heterocycles. The third kappa shape index (κ3) is 4.37. The van der Waals surface area contributed by atoms with Crippen LogP contribution in [0.5, 0.6) is 0 Å². The van der Waals surface area contributed by atoms with E-state index < -0.39 is 11.6 Å². The molecular formula is C12H18BrNO3. The molecule has 0 fully saturated rings. The topological polar surface area (TPSA) is 72.7 Å². The van der Waals surface area contributed by atoms with E-state index in [1.165, 1.54) is 0 Å². The van der Waals surface area contributed by atoms with Crippen LogP contribution < -0.4 is 5.32 Å². The molecule has 1 aromatic carbocycles. The maximum atomic E-state index is 9.95. The molecule has 0 bridgehead atoms. The van der Waals surface area contributed by atoms with Gasteiger partial charge in [0, 0.05) is 11.0 Å². The second-order valence-electron chi connectivity index (χ2n) is 4.33. The van der Waals surface area contributed by atoms with Gasteiger partial charge in [0.1, 0.15) is 0 Å². The highest BCUT2D eigenvalue weighted by Gasteiger charge is 2.22. The molecule has 0 amide bonds. The third-order valence-electron chi connectivity index (χ3n) is 2.65. The van der Waals surface area contributed by atoms with Crippen molar-refractivity contribution in [2.45, 2.75) is 18.6 Å². The van der Waals surface area contributed by atoms with Gasteiger partial charge < -0.3 is 20.6 Å². The van der Waals surface area contributed by atoms with Crippen LogP contribution in [0.2, 0.25) is 0 Å². The Morgan fingerprint density at radius 3 is 2.53 bits per heavy atom. The molecule has 0 aromatic heterocycles. The molecule has 5 heteroatoms. The van der Waals surface area contributed by atoms with Gasteiger partial charge in [0.15, 0.2) is 0 Å². The molecule has 4 nitrogen and oxygen atoms in total. The summed E-state index contributed by atoms with van der Waals surface area (Å²) < 4.78 is 0.904. The summed E-state index contributed by atoms with van der Waals surface area (Å²) in [7, 11) is 0. The highest BCUT2D eigenvalue weighted by Crippen LogP contribution is 2.18. The Morgan fingerprint density at radius 2 is 2.00 bits per heavy atom. The summed E-state index contributed by atoms with van der Waals surface area (Å²) >= 11 is 3.34. The number of rotatable bonds is 6. The summed E-state index contributed by atoms with van der Waals surface area (Å²) in [5.74, 6) is 0. The number of aliphatic hydroxyl groups is 3. The second-order valence-corrected chi connectivity index (χ2v) is 5.24. The fourth-order valence-corrected chi connectivity index (χ4v) is 1.75. The first-order valence-electron chi connectivity index (χ1n) is 5.41. The molecule has 17 heavy (non-hydrogen) atoms. The molecule has 1 rings (SSSR count). The Hall–Kier alpha value is -0.460. The molecular weight excluding hydrogens is 286 g/mol. The van der Waals surface area contributed by atoms with E-state index in [0.29, 0.717) is 0 Å². The average Bonchev–Trinajstić information content (AvgIpc) is 2.35. The zero-order valence-electron chi connectivity index (χ0n) is 9.73. The maximum Gasteiger partial charge on any atom is 0.0914 e. The first kappa shape index (κ1) is 14.6. The molecule has 4 N–H and O–H groups in total. The predicted octanol–water partition coefficient (Wildman–Crippen LogP) is 0.815. The molecule has 0 saturated carbocycles. The highest BCUT2D eigenvalue weighted by molar-refractivity contribution is 9.10. The van der Waals surface area contributed by atoms with E-state index in [-0.39, 0.29) is 19.8 Å². The van der Waals surface area contributed by atoms with E-state index in [4.69, 9.17) is 10.2 Å². The van der Waals surface area contributed by atoms with Crippen LogP contribution in [0.3, 0.4) is 0 Å². The summed E-state index contributed by atoms with van der Waals surface area (Å²) in [6.07, 6.45) is -0.676. The molecule has 0 saturated heterocycles. The molecule has 0 aliphatic rings. The summed E-state index contributed by atoms with van der Waals surface area (Å²) in [5, 5.41) is 31.1. The van der Waals surface area contributed by atoms with Crippen molar-refractivity contribution in [3.63, 3.8) is 0 Å². The van der Waals surface area contributed by atoms with E-state index in [9.17, 15) is 5.11 Å². The van der Waals surface area contributed by atoms with Crippen molar-refractivity contribution in [1.29, 1.82) is 0 Å². The van der Waals surface area contributed by atoms with Crippen molar-refractivity contribution in [2.75, 3.05) is 19.8 Å². The molecule has 0 radical (unpaired) electrons. The van der Waals surface area contributed by atoms with Crippen LogP contribution >= 0.6 is 15.9 Å². The van der Waals surface area contributed by atoms with Crippen LogP contribution in [0.15, 0.2) is 28.7 Å². The maximum absolute atomic E-state index is 9.95. The molecule has 96 valence electrons. The van der Waals surface area contributed by atoms with Crippen molar-refractivity contribution >= 4 is 15.9 Å². The molecule has 1 aromatic rings. The van der Waals surface area contributed by atoms with Crippen molar-refractivity contribution in [3.8, 4) is 0 Å². The van der Waals surface area contributed by atoms with Gasteiger partial charge in [0.05, 0.1) is 24.9 Å². The minimum atomic E-state index is -0.771. The Morgan fingerprint density at radius 1 is 1.35 bits per heavy atom. The number of nitrogens with one attached hydrogen (secondary N) is 1. The van der Waals surface area contributed by atoms with Crippen molar-refractivity contribution in [2.24, 2.45) is 0 Å². The van der Waals surface area contributed by atoms with Crippen LogP contribution in [-0.4, -0.2) is 40.6 Å². The standard InChI is InChI=1S/C12H18BrNO3/c1-12(7-15,8-16)14-6-11(17)9-3-2-4-10(13)5-9/h2-5,11,14-17H,6-8H2,1H3. The number of benzene rings is 1. The van der Waals surface area contributed by atoms with Crippen molar-refractivity contribution < 1.29 is 15.3 Å². The van der Waals surface area contributed by atoms with Gasteiger partial charge in [-0.05, 0) is 24.6 Å². The number of aliphatic hydroxyl groups excluding tert-OH is 3. The Bertz CT molecular complexity index is 355. The minimum Gasteiger partial charge on any atom is -0.394 e. The first-order chi connectivity index (χ1) is 8.00. The summed E-state index contributed by atoms with van der Waals surface area (Å²) in [4.78, 5) is 0. The fraction of sp³-hybridized carbons (Fsp3) is 0.500. The van der Waals surface area contributed by atoms with Gasteiger partial charge in [-0.15, -0.1) is 0 Å². The third-order valence-corrected chi connectivity index (χ3v) is 3.15. The largest absolute Gasteiger partial charge is 0.394 e. The molecule has 1 unspecified atom stereocenters. The second kappa shape index (κ2) is 6.47. The van der Waals surface area contributed by atoms with Crippen molar-refractivity contribution in [3.05, 3.63) is 34.3 Å². The van der Waals surface area contributed by atoms with Crippen LogP contribution in [0.1, 0.15) is 18.6 Å². The summed E-state index contributed by atoms with van der Waals surface area (Å²) in [6.45, 7) is 1.60. The molecule has 0 heterocycles. The SMILES string of the molecule is CC(CO)(CO)NCC(O)c1cccc(Br)c1. The lowest BCUT2D eigenvalue weighted by Crippen LogP contribution is -2.50. The van der Waals surface area contributed by atoms with E-state index in [1.54, 1.807) is 6.92 Å². The van der Waals surface area contributed by atoms with Gasteiger partial charge in [0.25, 0.3) is 0 Å². The van der Waals surface area contributed by atoms with Gasteiger partial charge in [-0.25, -0.2) is 0 Å². The van der Waals surface area contributed by atoms with E-state index in [2.05, 4.69) is 21.2 Å². The number of hydrogen-bond acceptors (Lipinski definition) is 4. The molecule has 1 atom stereocenters. The van der Waals surface area contributed by atoms with E-state index in [0.717, 1.165) is 10.0 Å². The normalized spacial score (nSPS) is 13.7. The van der Waals surface area contributed by atoms with Gasteiger partial charge in [0.2, 0.25) is 0 Å². The smallest absolute Gasteiger partial charge is 0.0914 e. The number of β-amino-alcohol motifs (C(OH)–C–C–N with tert-alkyl or cyclic N) is 1. The van der Waals surface area contributed by atoms with E-state index in [1.807, 2.05) is 24.3 Å². The number of halogens is 1. The Balaban J connectivity index is 2.58. The van der Waals surface area contributed by atoms with Gasteiger partial charge >= 0.3 is 0 Å². The van der Waals surface area contributed by atoms with Gasteiger partial charge in [-0.1, -0.05) is 28.1 Å². The zero-order chi connectivity index (χ0) is 12.9.